The summed E-state index contributed by atoms with van der Waals surface area (Å²) in [5.41, 5.74) is 1.08. The van der Waals surface area contributed by atoms with Gasteiger partial charge < -0.3 is 15.0 Å². The molecule has 0 fully saturated rings. The van der Waals surface area contributed by atoms with E-state index in [0.29, 0.717) is 11.9 Å². The van der Waals surface area contributed by atoms with E-state index in [-0.39, 0.29) is 23.3 Å². The van der Waals surface area contributed by atoms with Crippen LogP contribution in [0.2, 0.25) is 0 Å². The maximum Gasteiger partial charge on any atom is 0.267 e. The van der Waals surface area contributed by atoms with Crippen molar-refractivity contribution in [3.8, 4) is 5.75 Å². The number of H-pyrrole nitrogens is 1. The second-order valence-electron chi connectivity index (χ2n) is 6.05. The van der Waals surface area contributed by atoms with Crippen LogP contribution in [-0.4, -0.2) is 23.5 Å². The Bertz CT molecular complexity index is 962. The first-order valence-electron chi connectivity index (χ1n) is 8.16. The summed E-state index contributed by atoms with van der Waals surface area (Å²) < 4.78 is 5.79. The first-order valence-corrected chi connectivity index (χ1v) is 8.16. The molecule has 0 spiro atoms. The van der Waals surface area contributed by atoms with E-state index in [2.05, 4.69) is 10.3 Å². The number of nitrogens with one attached hydrogen (secondary N) is 2. The van der Waals surface area contributed by atoms with Crippen LogP contribution >= 0.6 is 0 Å². The fraction of sp³-hybridized carbons (Fsp3) is 0.200. The molecule has 3 rings (SSSR count). The number of rotatable bonds is 5. The van der Waals surface area contributed by atoms with Crippen molar-refractivity contribution < 1.29 is 9.53 Å². The van der Waals surface area contributed by atoms with Crippen LogP contribution in [0.25, 0.3) is 10.8 Å². The van der Waals surface area contributed by atoms with Gasteiger partial charge in [0.2, 0.25) is 0 Å². The van der Waals surface area contributed by atoms with Gasteiger partial charge in [-0.25, -0.2) is 0 Å². The van der Waals surface area contributed by atoms with Crippen molar-refractivity contribution in [2.45, 2.75) is 20.0 Å². The third-order valence-corrected chi connectivity index (χ3v) is 3.87. The molecule has 1 aromatic heterocycles. The summed E-state index contributed by atoms with van der Waals surface area (Å²) in [5.74, 6) is 0.434. The van der Waals surface area contributed by atoms with Crippen molar-refractivity contribution in [2.75, 3.05) is 6.54 Å². The molecule has 5 heteroatoms. The van der Waals surface area contributed by atoms with Crippen molar-refractivity contribution in [1.29, 1.82) is 0 Å². The van der Waals surface area contributed by atoms with Gasteiger partial charge in [-0.2, -0.15) is 0 Å². The van der Waals surface area contributed by atoms with E-state index in [0.717, 1.165) is 16.7 Å². The maximum atomic E-state index is 12.3. The van der Waals surface area contributed by atoms with E-state index in [1.165, 1.54) is 0 Å². The molecular formula is C20H20N2O3. The van der Waals surface area contributed by atoms with Gasteiger partial charge in [-0.1, -0.05) is 30.3 Å². The molecule has 128 valence electrons. The highest BCUT2D eigenvalue weighted by atomic mass is 16.5. The van der Waals surface area contributed by atoms with E-state index in [4.69, 9.17) is 4.74 Å². The van der Waals surface area contributed by atoms with Gasteiger partial charge in [0, 0.05) is 5.39 Å². The topological polar surface area (TPSA) is 71.2 Å². The number of aromatic amines is 1. The predicted molar refractivity (Wildman–Crippen MR) is 98.2 cm³/mol. The molecule has 0 bridgehead atoms. The highest BCUT2D eigenvalue weighted by Crippen LogP contribution is 2.14. The summed E-state index contributed by atoms with van der Waals surface area (Å²) in [6.07, 6.45) is -0.196. The Labute approximate surface area is 145 Å². The molecule has 1 amide bonds. The Morgan fingerprint density at radius 2 is 1.96 bits per heavy atom. The number of ether oxygens (including phenoxy) is 1. The number of hydrogen-bond acceptors (Lipinski definition) is 3. The molecule has 5 nitrogen and oxygen atoms in total. The Hall–Kier alpha value is -3.08. The molecule has 25 heavy (non-hydrogen) atoms. The van der Waals surface area contributed by atoms with Crippen molar-refractivity contribution >= 4 is 16.7 Å². The second-order valence-corrected chi connectivity index (χ2v) is 6.05. The van der Waals surface area contributed by atoms with Crippen LogP contribution in [0.15, 0.2) is 59.4 Å². The zero-order chi connectivity index (χ0) is 17.8. The number of amides is 1. The van der Waals surface area contributed by atoms with Crippen molar-refractivity contribution in [3.63, 3.8) is 0 Å². The lowest BCUT2D eigenvalue weighted by Crippen LogP contribution is -2.34. The summed E-state index contributed by atoms with van der Waals surface area (Å²) in [6, 6.07) is 16.6. The normalized spacial score (nSPS) is 11.9. The number of pyridine rings is 1. The van der Waals surface area contributed by atoms with Crippen LogP contribution in [0.3, 0.4) is 0 Å². The number of carbonyl (C=O) groups excluding carboxylic acids is 1. The van der Waals surface area contributed by atoms with E-state index >= 15 is 0 Å². The summed E-state index contributed by atoms with van der Waals surface area (Å²) in [5, 5.41) is 4.09. The fourth-order valence-corrected chi connectivity index (χ4v) is 2.63. The van der Waals surface area contributed by atoms with E-state index in [9.17, 15) is 9.59 Å². The number of hydrogen-bond donors (Lipinski definition) is 2. The minimum atomic E-state index is -0.331. The summed E-state index contributed by atoms with van der Waals surface area (Å²) in [7, 11) is 0. The Balaban J connectivity index is 1.65. The van der Waals surface area contributed by atoms with E-state index in [1.54, 1.807) is 18.2 Å². The molecule has 0 aliphatic heterocycles. The first kappa shape index (κ1) is 16.8. The molecule has 1 heterocycles. The molecule has 0 radical (unpaired) electrons. The third kappa shape index (κ3) is 4.07. The van der Waals surface area contributed by atoms with E-state index in [1.807, 2.05) is 50.2 Å². The van der Waals surface area contributed by atoms with Crippen molar-refractivity contribution in [1.82, 2.24) is 10.3 Å². The third-order valence-electron chi connectivity index (χ3n) is 3.87. The lowest BCUT2D eigenvalue weighted by atomic mass is 10.1. The van der Waals surface area contributed by atoms with Crippen LogP contribution in [0.1, 0.15) is 23.0 Å². The lowest BCUT2D eigenvalue weighted by molar-refractivity contribution is 0.0927. The minimum absolute atomic E-state index is 0.196. The average molecular weight is 336 g/mol. The monoisotopic (exact) mass is 336 g/mol. The second kappa shape index (κ2) is 7.21. The molecule has 0 aliphatic rings. The number of aryl methyl sites for hydroxylation is 1. The molecule has 3 aromatic rings. The smallest absolute Gasteiger partial charge is 0.267 e. The zero-order valence-electron chi connectivity index (χ0n) is 14.2. The van der Waals surface area contributed by atoms with Gasteiger partial charge in [0.05, 0.1) is 6.54 Å². The van der Waals surface area contributed by atoms with Crippen LogP contribution in [0, 0.1) is 6.92 Å². The van der Waals surface area contributed by atoms with Gasteiger partial charge in [0.15, 0.2) is 0 Å². The first-order chi connectivity index (χ1) is 12.0. The number of fused-ring (bicyclic) bond motifs is 1. The highest BCUT2D eigenvalue weighted by molar-refractivity contribution is 5.96. The summed E-state index contributed by atoms with van der Waals surface area (Å²) >= 11 is 0. The van der Waals surface area contributed by atoms with Gasteiger partial charge in [0.25, 0.3) is 11.5 Å². The lowest BCUT2D eigenvalue weighted by Gasteiger charge is -2.16. The zero-order valence-corrected chi connectivity index (χ0v) is 14.2. The Morgan fingerprint density at radius 1 is 1.16 bits per heavy atom. The molecule has 0 saturated heterocycles. The summed E-state index contributed by atoms with van der Waals surface area (Å²) in [6.45, 7) is 4.21. The van der Waals surface area contributed by atoms with E-state index < -0.39 is 0 Å². The van der Waals surface area contributed by atoms with Crippen molar-refractivity contribution in [3.05, 3.63) is 76.2 Å². The molecule has 0 unspecified atom stereocenters. The largest absolute Gasteiger partial charge is 0.489 e. The SMILES string of the molecule is Cc1cccc(O[C@H](C)CNC(=O)c2cc3ccccc3c(=O)[nH]2)c1. The molecule has 2 aromatic carbocycles. The van der Waals surface area contributed by atoms with Gasteiger partial charge in [-0.15, -0.1) is 0 Å². The Kier molecular flexibility index (Phi) is 4.84. The maximum absolute atomic E-state index is 12.3. The van der Waals surface area contributed by atoms with Crippen LogP contribution < -0.4 is 15.6 Å². The van der Waals surface area contributed by atoms with Gasteiger partial charge in [0.1, 0.15) is 17.5 Å². The van der Waals surface area contributed by atoms with Gasteiger partial charge in [-0.3, -0.25) is 9.59 Å². The standard InChI is InChI=1S/C20H20N2O3/c1-13-6-5-8-16(10-13)25-14(2)12-21-20(24)18-11-15-7-3-4-9-17(15)19(23)22-18/h3-11,14H,12H2,1-2H3,(H,21,24)(H,22,23)/t14-/m1/s1. The number of carbonyl (C=O) groups is 1. The number of aromatic nitrogens is 1. The minimum Gasteiger partial charge on any atom is -0.489 e. The molecule has 2 N–H and O–H groups in total. The highest BCUT2D eigenvalue weighted by Gasteiger charge is 2.11. The average Bonchev–Trinajstić information content (AvgIpc) is 2.59. The number of benzene rings is 2. The van der Waals surface area contributed by atoms with Gasteiger partial charge in [-0.05, 0) is 49.1 Å². The molecule has 0 aliphatic carbocycles. The van der Waals surface area contributed by atoms with Gasteiger partial charge >= 0.3 is 0 Å². The van der Waals surface area contributed by atoms with Crippen molar-refractivity contribution in [2.24, 2.45) is 0 Å². The van der Waals surface area contributed by atoms with Crippen LogP contribution in [-0.2, 0) is 0 Å². The molecular weight excluding hydrogens is 316 g/mol. The fourth-order valence-electron chi connectivity index (χ4n) is 2.63. The summed E-state index contributed by atoms with van der Waals surface area (Å²) in [4.78, 5) is 27.0. The van der Waals surface area contributed by atoms with Crippen LogP contribution in [0.5, 0.6) is 5.75 Å². The quantitative estimate of drug-likeness (QED) is 0.752. The molecule has 1 atom stereocenters. The predicted octanol–water partition coefficient (Wildman–Crippen LogP) is 3.03. The Morgan fingerprint density at radius 3 is 2.76 bits per heavy atom. The van der Waals surface area contributed by atoms with Crippen LogP contribution in [0.4, 0.5) is 0 Å². The molecule has 0 saturated carbocycles.